The van der Waals surface area contributed by atoms with Crippen LogP contribution in [0.1, 0.15) is 303 Å². The summed E-state index contributed by atoms with van der Waals surface area (Å²) in [4.78, 5) is 292. The van der Waals surface area contributed by atoms with Gasteiger partial charge in [-0.15, -0.1) is 0 Å². The molecule has 0 spiro atoms. The predicted molar refractivity (Wildman–Crippen MR) is 514 cm³/mol. The quantitative estimate of drug-likeness (QED) is 0.0340. The van der Waals surface area contributed by atoms with Crippen molar-refractivity contribution in [3.8, 4) is 0 Å². The fourth-order valence-corrected chi connectivity index (χ4v) is 15.2. The first-order chi connectivity index (χ1) is 67.8. The van der Waals surface area contributed by atoms with E-state index in [1.807, 2.05) is 0 Å². The van der Waals surface area contributed by atoms with Gasteiger partial charge in [-0.05, 0) is 97.8 Å². The number of ketones is 11. The maximum absolute atomic E-state index is 13.7. The second kappa shape index (κ2) is 78.9. The van der Waals surface area contributed by atoms with Crippen molar-refractivity contribution < 1.29 is 172 Å². The first kappa shape index (κ1) is 133. The Morgan fingerprint density at radius 3 is 0.951 bits per heavy atom. The van der Waals surface area contributed by atoms with Crippen LogP contribution >= 0.6 is 0 Å². The summed E-state index contributed by atoms with van der Waals surface area (Å²) in [5, 5.41) is 141. The number of aliphatic carboxylic acids is 4. The number of rotatable bonds is 95. The predicted octanol–water partition coefficient (Wildman–Crippen LogP) is -0.537. The van der Waals surface area contributed by atoms with Gasteiger partial charge in [-0.3, -0.25) is 110 Å². The Kier molecular flexibility index (Phi) is 73.2. The molecule has 46 heteroatoms. The van der Waals surface area contributed by atoms with E-state index in [1.54, 1.807) is 0 Å². The van der Waals surface area contributed by atoms with Gasteiger partial charge in [-0.2, -0.15) is 0 Å². The molecule has 46 nitrogen and oxygen atoms in total. The number of nitrogens with one attached hydrogen (secondary N) is 10. The number of carboxylic acids is 4. The molecule has 0 heterocycles. The van der Waals surface area contributed by atoms with Gasteiger partial charge in [0.15, 0.2) is 40.5 Å². The summed E-state index contributed by atoms with van der Waals surface area (Å²) in [5.74, 6) is -26.6. The van der Waals surface area contributed by atoms with Crippen LogP contribution in [0.25, 0.3) is 0 Å². The van der Waals surface area contributed by atoms with Crippen molar-refractivity contribution in [2.45, 2.75) is 345 Å². The molecular weight excluding hydrogens is 1880 g/mol. The standard InChI is InChI=1S/C97H161N11O35/c1-62(117)73(30-24-26-43-100-88(131)53-104-92(137)68(57-112)49-82(125)78(61-116)106-87(130)41-38-80(123)76(59-114)107-93(138)65(54-109)46-71(120)36-34-63(95(140)141)44-69(118)28-20-16-12-8-4-6-10-14-18-22-32-89(132)133)101-51-83(126)74(102-52-84(127)97(2,3)98)31-25-27-42-99-85(128)40-37-79(122)75(58-113)108-94(139)66(55-110)47-72(121)50-103-91(136)67(56-111)48-81(124)77(60-115)105-86(129)39-35-64(96(142)143)45-70(119)29-21-17-13-9-5-7-11-15-19-23-33-90(134)135/h63-68,73-78,101-102,109-116H,4-61,98H2,1-3H3,(H,99,128)(H,100,131)(H,103,136)(H,104,137)(H,105,129)(H,106,130)(H,107,138)(H,108,139)(H,132,133)(H,134,135)(H,140,141)(H,142,143)/t63-,64-,65+,66+,67+,68+,73+,74+,75+,76+,77+,78+/m1/s1. The molecule has 0 rings (SSSR count). The highest BCUT2D eigenvalue weighted by molar-refractivity contribution is 5.99. The molecule has 0 aromatic heterocycles. The monoisotopic (exact) mass is 2040 g/mol. The SMILES string of the molecule is CC(=O)[C@H](CCCCNC(=O)CNC(=O)[C@H](CO)CC(=O)[C@H](CO)NC(=O)CCC(=O)[C@H](CO)NC(=O)[C@H](CO)CC(=O)CC[C@H](CC(=O)CCCCCCCCCCCCC(=O)O)C(=O)O)NCC(=O)[C@H](CCCCNC(=O)CCC(=O)[C@H](CO)NC(=O)[C@H](CO)CC(=O)CNC(=O)[C@H](CO)CC(=O)[C@H](CO)NC(=O)CC[C@H](CC(=O)CCCCCCCCCCCCC(=O)O)C(=O)O)NCC(=O)C(C)(C)N. The Bertz CT molecular complexity index is 4010. The Hall–Kier alpha value is -10.4. The molecule has 143 heavy (non-hydrogen) atoms. The summed E-state index contributed by atoms with van der Waals surface area (Å²) in [5.41, 5.74) is 4.71. The molecule has 0 aliphatic heterocycles. The molecule has 0 saturated carbocycles. The van der Waals surface area contributed by atoms with E-state index in [4.69, 9.17) is 15.9 Å². The second-order valence-electron chi connectivity index (χ2n) is 37.1. The molecule has 0 aliphatic carbocycles. The molecule has 0 aromatic carbocycles. The summed E-state index contributed by atoms with van der Waals surface area (Å²) >= 11 is 0. The Labute approximate surface area is 834 Å². The Balaban J connectivity index is 5.16. The van der Waals surface area contributed by atoms with Crippen molar-refractivity contribution >= 4 is 135 Å². The lowest BCUT2D eigenvalue weighted by molar-refractivity contribution is -0.145. The molecular formula is C97H161N11O35. The maximum atomic E-state index is 13.7. The van der Waals surface area contributed by atoms with Crippen molar-refractivity contribution in [3.63, 3.8) is 0 Å². The number of aliphatic hydroxyl groups excluding tert-OH is 8. The first-order valence-electron chi connectivity index (χ1n) is 49.9. The van der Waals surface area contributed by atoms with Gasteiger partial charge in [0.05, 0.1) is 132 Å². The van der Waals surface area contributed by atoms with Crippen molar-refractivity contribution in [1.82, 2.24) is 53.2 Å². The van der Waals surface area contributed by atoms with E-state index in [2.05, 4.69) is 53.2 Å². The lowest BCUT2D eigenvalue weighted by Gasteiger charge is -2.23. The van der Waals surface area contributed by atoms with Gasteiger partial charge >= 0.3 is 23.9 Å². The van der Waals surface area contributed by atoms with Crippen LogP contribution in [0.5, 0.6) is 0 Å². The Morgan fingerprint density at radius 2 is 0.573 bits per heavy atom. The number of carboxylic acid groups (broad SMARTS) is 4. The molecule has 8 amide bonds. The highest BCUT2D eigenvalue weighted by Crippen LogP contribution is 2.23. The zero-order valence-corrected chi connectivity index (χ0v) is 83.3. The number of carbonyl (C=O) groups is 23. The van der Waals surface area contributed by atoms with Gasteiger partial charge in [0.1, 0.15) is 47.3 Å². The van der Waals surface area contributed by atoms with Crippen LogP contribution in [-0.4, -0.2) is 330 Å². The molecule has 12 atom stereocenters. The normalized spacial score (nSPS) is 13.9. The molecule has 0 saturated heterocycles. The van der Waals surface area contributed by atoms with Crippen LogP contribution in [0, 0.1) is 35.5 Å². The molecule has 0 radical (unpaired) electrons. The van der Waals surface area contributed by atoms with Crippen molar-refractivity contribution in [2.75, 3.05) is 92.1 Å². The third-order valence-electron chi connectivity index (χ3n) is 24.3. The number of amides is 8. The van der Waals surface area contributed by atoms with Gasteiger partial charge < -0.3 is 120 Å². The lowest BCUT2D eigenvalue weighted by atomic mass is 9.91. The zero-order chi connectivity index (χ0) is 108. The topological polar surface area (TPSA) is 782 Å². The molecule has 0 fully saturated rings. The molecule has 0 unspecified atom stereocenters. The lowest BCUT2D eigenvalue weighted by Crippen LogP contribution is -2.51. The molecule has 0 aliphatic rings. The largest absolute Gasteiger partial charge is 0.481 e. The average molecular weight is 2040 g/mol. The number of carbonyl (C=O) groups excluding carboxylic acids is 19. The van der Waals surface area contributed by atoms with E-state index < -0.39 is 318 Å². The highest BCUT2D eigenvalue weighted by Gasteiger charge is 2.35. The first-order valence-corrected chi connectivity index (χ1v) is 49.9. The third kappa shape index (κ3) is 64.1. The summed E-state index contributed by atoms with van der Waals surface area (Å²) in [7, 11) is 0. The van der Waals surface area contributed by atoms with Crippen molar-refractivity contribution in [2.24, 2.45) is 41.2 Å². The fraction of sp³-hybridized carbons (Fsp3) is 0.763. The summed E-state index contributed by atoms with van der Waals surface area (Å²) < 4.78 is 0. The van der Waals surface area contributed by atoms with Crippen LogP contribution in [0.2, 0.25) is 0 Å². The van der Waals surface area contributed by atoms with Gasteiger partial charge in [-0.25, -0.2) is 0 Å². The Morgan fingerprint density at radius 1 is 0.252 bits per heavy atom. The minimum absolute atomic E-state index is 0.0394. The number of aliphatic hydroxyl groups is 8. The van der Waals surface area contributed by atoms with Gasteiger partial charge in [0, 0.05) is 116 Å². The summed E-state index contributed by atoms with van der Waals surface area (Å²) in [6.45, 7) is -5.38. The highest BCUT2D eigenvalue weighted by atomic mass is 16.4. The molecule has 0 aromatic rings. The number of nitrogens with two attached hydrogens (primary N) is 1. The van der Waals surface area contributed by atoms with Gasteiger partial charge in [0.25, 0.3) is 0 Å². The van der Waals surface area contributed by atoms with E-state index in [0.717, 1.165) is 103 Å². The van der Waals surface area contributed by atoms with Crippen LogP contribution in [0.15, 0.2) is 0 Å². The second-order valence-corrected chi connectivity index (χ2v) is 37.1. The maximum Gasteiger partial charge on any atom is 0.306 e. The van der Waals surface area contributed by atoms with Crippen LogP contribution in [0.4, 0.5) is 0 Å². The van der Waals surface area contributed by atoms with Gasteiger partial charge in [-0.1, -0.05) is 103 Å². The zero-order valence-electron chi connectivity index (χ0n) is 83.3. The summed E-state index contributed by atoms with van der Waals surface area (Å²) in [6.07, 6.45) is 12.6. The number of hydrogen-bond acceptors (Lipinski definition) is 34. The van der Waals surface area contributed by atoms with Gasteiger partial charge in [0.2, 0.25) is 47.3 Å². The average Bonchev–Trinajstić information content (AvgIpc) is 0.890. The molecule has 0 bridgehead atoms. The number of unbranched alkanes of at least 4 members (excludes halogenated alkanes) is 20. The minimum Gasteiger partial charge on any atom is -0.481 e. The van der Waals surface area contributed by atoms with Crippen LogP contribution < -0.4 is 58.9 Å². The fourth-order valence-electron chi connectivity index (χ4n) is 15.2. The summed E-state index contributed by atoms with van der Waals surface area (Å²) in [6, 6.07) is -8.30. The van der Waals surface area contributed by atoms with E-state index in [1.165, 1.54) is 20.8 Å². The molecule has 24 N–H and O–H groups in total. The van der Waals surface area contributed by atoms with Crippen molar-refractivity contribution in [1.29, 1.82) is 0 Å². The van der Waals surface area contributed by atoms with Crippen LogP contribution in [0.3, 0.4) is 0 Å². The smallest absolute Gasteiger partial charge is 0.306 e. The van der Waals surface area contributed by atoms with E-state index >= 15 is 0 Å². The third-order valence-corrected chi connectivity index (χ3v) is 24.3. The van der Waals surface area contributed by atoms with E-state index in [9.17, 15) is 161 Å². The number of Topliss-reactive ketones (excluding diaryl/α,β-unsaturated/α-hetero) is 11. The van der Waals surface area contributed by atoms with Crippen molar-refractivity contribution in [3.05, 3.63) is 0 Å². The van der Waals surface area contributed by atoms with Crippen LogP contribution in [-0.2, 0) is 110 Å². The molecule has 814 valence electrons. The number of hydrogen-bond donors (Lipinski definition) is 23. The van der Waals surface area contributed by atoms with E-state index in [0.29, 0.717) is 38.5 Å². The minimum atomic E-state index is -1.65. The van der Waals surface area contributed by atoms with E-state index in [-0.39, 0.29) is 127 Å².